The molecule has 0 heterocycles. The molecule has 0 unspecified atom stereocenters. The molecular weight excluding hydrogens is 262 g/mol. The molecule has 19 heavy (non-hydrogen) atoms. The van der Waals surface area contributed by atoms with E-state index in [2.05, 4.69) is 5.32 Å². The van der Waals surface area contributed by atoms with E-state index in [1.807, 2.05) is 31.2 Å². The van der Waals surface area contributed by atoms with Gasteiger partial charge in [0.1, 0.15) is 0 Å². The van der Waals surface area contributed by atoms with Crippen molar-refractivity contribution in [1.82, 2.24) is 5.32 Å². The third-order valence-electron chi connectivity index (χ3n) is 2.93. The van der Waals surface area contributed by atoms with Crippen LogP contribution in [0.1, 0.15) is 25.0 Å². The highest BCUT2D eigenvalue weighted by atomic mass is 32.2. The van der Waals surface area contributed by atoms with E-state index in [1.165, 1.54) is 0 Å². The molecule has 1 N–H and O–H groups in total. The summed E-state index contributed by atoms with van der Waals surface area (Å²) < 4.78 is 28.1. The highest BCUT2D eigenvalue weighted by molar-refractivity contribution is 7.91. The SMILES string of the molecule is CCOCc1ccccc1CNCCS(=O)(=O)CC. The minimum Gasteiger partial charge on any atom is -0.377 e. The number of rotatable bonds is 9. The number of hydrogen-bond acceptors (Lipinski definition) is 4. The lowest BCUT2D eigenvalue weighted by Gasteiger charge is -2.10. The zero-order valence-corrected chi connectivity index (χ0v) is 12.5. The molecule has 0 aliphatic carbocycles. The van der Waals surface area contributed by atoms with Gasteiger partial charge in [0.25, 0.3) is 0 Å². The first-order chi connectivity index (χ1) is 9.09. The van der Waals surface area contributed by atoms with Crippen molar-refractivity contribution < 1.29 is 13.2 Å². The normalized spacial score (nSPS) is 11.7. The van der Waals surface area contributed by atoms with Crippen molar-refractivity contribution in [3.05, 3.63) is 35.4 Å². The summed E-state index contributed by atoms with van der Waals surface area (Å²) in [5.41, 5.74) is 2.31. The Bertz CT molecular complexity index is 471. The molecule has 0 aliphatic rings. The van der Waals surface area contributed by atoms with Gasteiger partial charge in [-0.3, -0.25) is 0 Å². The molecule has 1 aromatic carbocycles. The molecule has 1 rings (SSSR count). The van der Waals surface area contributed by atoms with Crippen LogP contribution in [0.2, 0.25) is 0 Å². The van der Waals surface area contributed by atoms with Crippen LogP contribution in [-0.4, -0.2) is 33.1 Å². The van der Waals surface area contributed by atoms with Gasteiger partial charge in [-0.25, -0.2) is 8.42 Å². The number of ether oxygens (including phenoxy) is 1. The first-order valence-electron chi connectivity index (χ1n) is 6.64. The molecule has 0 amide bonds. The Hall–Kier alpha value is -0.910. The topological polar surface area (TPSA) is 55.4 Å². The third kappa shape index (κ3) is 6.18. The van der Waals surface area contributed by atoms with Crippen LogP contribution in [0.15, 0.2) is 24.3 Å². The Morgan fingerprint density at radius 3 is 2.47 bits per heavy atom. The summed E-state index contributed by atoms with van der Waals surface area (Å²) in [6, 6.07) is 8.04. The predicted octanol–water partition coefficient (Wildman–Crippen LogP) is 1.75. The summed E-state index contributed by atoms with van der Waals surface area (Å²) in [6.45, 7) is 6.09. The molecule has 0 fully saturated rings. The molecule has 0 aromatic heterocycles. The lowest BCUT2D eigenvalue weighted by molar-refractivity contribution is 0.133. The van der Waals surface area contributed by atoms with Crippen LogP contribution in [-0.2, 0) is 27.7 Å². The average molecular weight is 285 g/mol. The average Bonchev–Trinajstić information content (AvgIpc) is 2.42. The third-order valence-corrected chi connectivity index (χ3v) is 4.63. The van der Waals surface area contributed by atoms with Gasteiger partial charge in [-0.05, 0) is 18.1 Å². The predicted molar refractivity (Wildman–Crippen MR) is 77.8 cm³/mol. The molecule has 0 aliphatic heterocycles. The van der Waals surface area contributed by atoms with Gasteiger partial charge in [0.05, 0.1) is 12.4 Å². The van der Waals surface area contributed by atoms with Crippen LogP contribution in [0.3, 0.4) is 0 Å². The van der Waals surface area contributed by atoms with E-state index in [-0.39, 0.29) is 11.5 Å². The monoisotopic (exact) mass is 285 g/mol. The summed E-state index contributed by atoms with van der Waals surface area (Å²) in [5, 5.41) is 3.17. The van der Waals surface area contributed by atoms with E-state index in [4.69, 9.17) is 4.74 Å². The largest absolute Gasteiger partial charge is 0.377 e. The van der Waals surface area contributed by atoms with Crippen LogP contribution in [0, 0.1) is 0 Å². The summed E-state index contributed by atoms with van der Waals surface area (Å²) in [7, 11) is -2.89. The Morgan fingerprint density at radius 2 is 1.84 bits per heavy atom. The maximum Gasteiger partial charge on any atom is 0.151 e. The van der Waals surface area contributed by atoms with Gasteiger partial charge in [-0.1, -0.05) is 31.2 Å². The number of nitrogens with one attached hydrogen (secondary N) is 1. The summed E-state index contributed by atoms with van der Waals surface area (Å²) in [6.07, 6.45) is 0. The van der Waals surface area contributed by atoms with Crippen molar-refractivity contribution in [2.24, 2.45) is 0 Å². The lowest BCUT2D eigenvalue weighted by atomic mass is 10.1. The molecule has 1 aromatic rings. The second kappa shape index (κ2) is 8.30. The Kier molecular flexibility index (Phi) is 7.05. The van der Waals surface area contributed by atoms with Crippen LogP contribution < -0.4 is 5.32 Å². The van der Waals surface area contributed by atoms with E-state index >= 15 is 0 Å². The molecule has 5 heteroatoms. The Balaban J connectivity index is 2.44. The van der Waals surface area contributed by atoms with Gasteiger partial charge in [-0.2, -0.15) is 0 Å². The van der Waals surface area contributed by atoms with Crippen molar-refractivity contribution >= 4 is 9.84 Å². The molecule has 0 spiro atoms. The smallest absolute Gasteiger partial charge is 0.151 e. The second-order valence-electron chi connectivity index (χ2n) is 4.32. The van der Waals surface area contributed by atoms with Gasteiger partial charge in [0.2, 0.25) is 0 Å². The minimum absolute atomic E-state index is 0.192. The quantitative estimate of drug-likeness (QED) is 0.702. The van der Waals surface area contributed by atoms with Crippen LogP contribution in [0.5, 0.6) is 0 Å². The van der Waals surface area contributed by atoms with Crippen molar-refractivity contribution in [1.29, 1.82) is 0 Å². The van der Waals surface area contributed by atoms with Crippen molar-refractivity contribution in [2.45, 2.75) is 27.0 Å². The molecule has 0 atom stereocenters. The zero-order chi connectivity index (χ0) is 14.1. The Morgan fingerprint density at radius 1 is 1.16 bits per heavy atom. The zero-order valence-electron chi connectivity index (χ0n) is 11.7. The van der Waals surface area contributed by atoms with Crippen molar-refractivity contribution in [3.8, 4) is 0 Å². The molecule has 4 nitrogen and oxygen atoms in total. The lowest BCUT2D eigenvalue weighted by Crippen LogP contribution is -2.24. The molecule has 0 saturated heterocycles. The highest BCUT2D eigenvalue weighted by Crippen LogP contribution is 2.09. The van der Waals surface area contributed by atoms with Gasteiger partial charge >= 0.3 is 0 Å². The minimum atomic E-state index is -2.89. The van der Waals surface area contributed by atoms with Crippen LogP contribution in [0.25, 0.3) is 0 Å². The van der Waals surface area contributed by atoms with E-state index in [0.29, 0.717) is 26.3 Å². The van der Waals surface area contributed by atoms with E-state index in [9.17, 15) is 8.42 Å². The van der Waals surface area contributed by atoms with Crippen molar-refractivity contribution in [2.75, 3.05) is 24.7 Å². The van der Waals surface area contributed by atoms with Gasteiger partial charge in [0.15, 0.2) is 9.84 Å². The van der Waals surface area contributed by atoms with Crippen LogP contribution in [0.4, 0.5) is 0 Å². The number of benzene rings is 1. The first-order valence-corrected chi connectivity index (χ1v) is 8.47. The van der Waals surface area contributed by atoms with E-state index in [1.54, 1.807) is 6.92 Å². The van der Waals surface area contributed by atoms with Gasteiger partial charge < -0.3 is 10.1 Å². The summed E-state index contributed by atoms with van der Waals surface area (Å²) >= 11 is 0. The maximum atomic E-state index is 11.4. The molecule has 0 saturated carbocycles. The fourth-order valence-electron chi connectivity index (χ4n) is 1.68. The van der Waals surface area contributed by atoms with Crippen LogP contribution >= 0.6 is 0 Å². The molecule has 0 bridgehead atoms. The fraction of sp³-hybridized carbons (Fsp3) is 0.571. The second-order valence-corrected chi connectivity index (χ2v) is 6.79. The Labute approximate surface area is 116 Å². The van der Waals surface area contributed by atoms with Gasteiger partial charge in [0, 0.05) is 25.4 Å². The fourth-order valence-corrected chi connectivity index (χ4v) is 2.42. The number of hydrogen-bond donors (Lipinski definition) is 1. The molecule has 0 radical (unpaired) electrons. The van der Waals surface area contributed by atoms with Gasteiger partial charge in [-0.15, -0.1) is 0 Å². The van der Waals surface area contributed by atoms with E-state index < -0.39 is 9.84 Å². The summed E-state index contributed by atoms with van der Waals surface area (Å²) in [5.74, 6) is 0.396. The number of sulfone groups is 1. The van der Waals surface area contributed by atoms with E-state index in [0.717, 1.165) is 11.1 Å². The molecular formula is C14H23NO3S. The molecule has 108 valence electrons. The first kappa shape index (κ1) is 16.1. The van der Waals surface area contributed by atoms with Crippen molar-refractivity contribution in [3.63, 3.8) is 0 Å². The highest BCUT2D eigenvalue weighted by Gasteiger charge is 2.06. The maximum absolute atomic E-state index is 11.4. The standard InChI is InChI=1S/C14H23NO3S/c1-3-18-12-14-8-6-5-7-13(14)11-15-9-10-19(16,17)4-2/h5-8,15H,3-4,9-12H2,1-2H3. The summed E-state index contributed by atoms with van der Waals surface area (Å²) in [4.78, 5) is 0.